The summed E-state index contributed by atoms with van der Waals surface area (Å²) in [5.74, 6) is -1.12. The number of nitrogens with zero attached hydrogens (tertiary/aromatic N) is 2. The smallest absolute Gasteiger partial charge is 0.328 e. The van der Waals surface area contributed by atoms with Crippen LogP contribution >= 0.6 is 0 Å². The molecular weight excluding hydrogens is 226 g/mol. The Morgan fingerprint density at radius 3 is 2.65 bits per heavy atom. The van der Waals surface area contributed by atoms with Gasteiger partial charge in [-0.15, -0.1) is 0 Å². The van der Waals surface area contributed by atoms with E-state index in [2.05, 4.69) is 15.2 Å². The number of methoxy groups -OCH3 is 1. The van der Waals surface area contributed by atoms with Crippen molar-refractivity contribution in [2.45, 2.75) is 25.8 Å². The first-order valence-corrected chi connectivity index (χ1v) is 5.18. The molecule has 94 valence electrons. The van der Waals surface area contributed by atoms with Gasteiger partial charge < -0.3 is 10.1 Å². The van der Waals surface area contributed by atoms with Crippen molar-refractivity contribution < 1.29 is 19.1 Å². The fraction of sp³-hybridized carbons (Fsp3) is 0.600. The number of carbonyl (C=O) groups is 3. The molecule has 17 heavy (non-hydrogen) atoms. The van der Waals surface area contributed by atoms with Gasteiger partial charge >= 0.3 is 5.97 Å². The molecule has 0 aromatic carbocycles. The first-order valence-electron chi connectivity index (χ1n) is 5.18. The van der Waals surface area contributed by atoms with Crippen molar-refractivity contribution in [1.29, 1.82) is 0 Å². The van der Waals surface area contributed by atoms with E-state index < -0.39 is 17.9 Å². The Morgan fingerprint density at radius 1 is 1.47 bits per heavy atom. The average molecular weight is 241 g/mol. The molecule has 0 saturated heterocycles. The van der Waals surface area contributed by atoms with Crippen LogP contribution in [-0.4, -0.2) is 48.7 Å². The molecule has 2 amide bonds. The third kappa shape index (κ3) is 3.27. The molecule has 0 saturated carbocycles. The van der Waals surface area contributed by atoms with E-state index in [1.165, 1.54) is 21.1 Å². The number of rotatable bonds is 3. The molecule has 1 N–H and O–H groups in total. The minimum absolute atomic E-state index is 0.137. The minimum Gasteiger partial charge on any atom is -0.467 e. The zero-order valence-corrected chi connectivity index (χ0v) is 10.0. The molecule has 7 nitrogen and oxygen atoms in total. The number of hydrogen-bond donors (Lipinski definition) is 1. The minimum atomic E-state index is -0.738. The molecule has 0 bridgehead atoms. The summed E-state index contributed by atoms with van der Waals surface area (Å²) < 4.78 is 4.48. The number of esters is 1. The van der Waals surface area contributed by atoms with Crippen LogP contribution in [0.5, 0.6) is 0 Å². The summed E-state index contributed by atoms with van der Waals surface area (Å²) in [7, 11) is 2.73. The van der Waals surface area contributed by atoms with Crippen molar-refractivity contribution in [1.82, 2.24) is 10.3 Å². The van der Waals surface area contributed by atoms with Crippen molar-refractivity contribution >= 4 is 23.5 Å². The highest BCUT2D eigenvalue weighted by atomic mass is 16.5. The maximum atomic E-state index is 11.7. The van der Waals surface area contributed by atoms with E-state index in [1.54, 1.807) is 0 Å². The average Bonchev–Trinajstić information content (AvgIpc) is 2.31. The molecule has 0 aromatic rings. The molecule has 0 spiro atoms. The summed E-state index contributed by atoms with van der Waals surface area (Å²) >= 11 is 0. The highest BCUT2D eigenvalue weighted by Gasteiger charge is 2.24. The van der Waals surface area contributed by atoms with Crippen LogP contribution < -0.4 is 5.32 Å². The number of ether oxygens (including phenoxy) is 1. The Hall–Kier alpha value is -1.92. The Labute approximate surface area is 98.8 Å². The molecule has 1 rings (SSSR count). The van der Waals surface area contributed by atoms with Crippen LogP contribution in [0.1, 0.15) is 19.8 Å². The van der Waals surface area contributed by atoms with E-state index in [0.717, 1.165) is 5.01 Å². The predicted molar refractivity (Wildman–Crippen MR) is 59.1 cm³/mol. The third-order valence-corrected chi connectivity index (χ3v) is 2.37. The second-order valence-corrected chi connectivity index (χ2v) is 3.68. The van der Waals surface area contributed by atoms with Crippen LogP contribution in [0.25, 0.3) is 0 Å². The van der Waals surface area contributed by atoms with Gasteiger partial charge in [-0.05, 0) is 6.92 Å². The quantitative estimate of drug-likeness (QED) is 0.660. The van der Waals surface area contributed by atoms with Gasteiger partial charge in [0.15, 0.2) is 0 Å². The first kappa shape index (κ1) is 13.1. The maximum Gasteiger partial charge on any atom is 0.328 e. The van der Waals surface area contributed by atoms with Crippen LogP contribution in [0.15, 0.2) is 5.10 Å². The lowest BCUT2D eigenvalue weighted by Gasteiger charge is -2.19. The molecule has 1 aliphatic rings. The molecule has 1 aliphatic heterocycles. The van der Waals surface area contributed by atoms with Crippen LogP contribution in [0.2, 0.25) is 0 Å². The van der Waals surface area contributed by atoms with Gasteiger partial charge in [0.1, 0.15) is 11.8 Å². The lowest BCUT2D eigenvalue weighted by Crippen LogP contribution is -2.44. The SMILES string of the molecule is COC(=O)C(C)NC(=O)C1=NN(C)C(=O)CC1. The van der Waals surface area contributed by atoms with Crippen molar-refractivity contribution in [2.75, 3.05) is 14.2 Å². The van der Waals surface area contributed by atoms with Crippen molar-refractivity contribution in [3.05, 3.63) is 0 Å². The summed E-state index contributed by atoms with van der Waals surface area (Å²) in [4.78, 5) is 34.0. The van der Waals surface area contributed by atoms with Gasteiger partial charge in [0.05, 0.1) is 7.11 Å². The summed E-state index contributed by atoms with van der Waals surface area (Å²) in [5, 5.41) is 7.42. The Balaban J connectivity index is 2.63. The summed E-state index contributed by atoms with van der Waals surface area (Å²) in [5.41, 5.74) is 0.239. The maximum absolute atomic E-state index is 11.7. The fourth-order valence-corrected chi connectivity index (χ4v) is 1.35. The van der Waals surface area contributed by atoms with Crippen LogP contribution in [-0.2, 0) is 19.1 Å². The first-order chi connectivity index (χ1) is 7.95. The molecule has 1 heterocycles. The number of amides is 2. The second-order valence-electron chi connectivity index (χ2n) is 3.68. The highest BCUT2D eigenvalue weighted by Crippen LogP contribution is 2.07. The normalized spacial score (nSPS) is 17.2. The van der Waals surface area contributed by atoms with E-state index in [9.17, 15) is 14.4 Å². The monoisotopic (exact) mass is 241 g/mol. The van der Waals surface area contributed by atoms with Gasteiger partial charge in [-0.2, -0.15) is 5.10 Å². The van der Waals surface area contributed by atoms with Crippen molar-refractivity contribution in [3.63, 3.8) is 0 Å². The zero-order valence-electron chi connectivity index (χ0n) is 10.0. The van der Waals surface area contributed by atoms with E-state index in [1.807, 2.05) is 0 Å². The molecule has 1 atom stereocenters. The van der Waals surface area contributed by atoms with Gasteiger partial charge in [-0.1, -0.05) is 0 Å². The summed E-state index contributed by atoms with van der Waals surface area (Å²) in [6, 6.07) is -0.738. The van der Waals surface area contributed by atoms with E-state index in [0.29, 0.717) is 0 Å². The van der Waals surface area contributed by atoms with Gasteiger partial charge in [-0.3, -0.25) is 9.59 Å². The Kier molecular flexibility index (Phi) is 4.19. The third-order valence-electron chi connectivity index (χ3n) is 2.37. The molecule has 0 aliphatic carbocycles. The van der Waals surface area contributed by atoms with Gasteiger partial charge in [0.25, 0.3) is 5.91 Å². The van der Waals surface area contributed by atoms with E-state index in [-0.39, 0.29) is 24.5 Å². The predicted octanol–water partition coefficient (Wildman–Crippen LogP) is -0.728. The van der Waals surface area contributed by atoms with Crippen LogP contribution in [0, 0.1) is 0 Å². The molecule has 0 fully saturated rings. The number of hydrogen-bond acceptors (Lipinski definition) is 5. The largest absolute Gasteiger partial charge is 0.467 e. The Bertz CT molecular complexity index is 378. The van der Waals surface area contributed by atoms with E-state index >= 15 is 0 Å². The van der Waals surface area contributed by atoms with Crippen molar-refractivity contribution in [3.8, 4) is 0 Å². The lowest BCUT2D eigenvalue weighted by atomic mass is 10.1. The number of nitrogens with one attached hydrogen (secondary N) is 1. The van der Waals surface area contributed by atoms with Crippen LogP contribution in [0.3, 0.4) is 0 Å². The Morgan fingerprint density at radius 2 is 2.12 bits per heavy atom. The molecule has 0 aromatic heterocycles. The highest BCUT2D eigenvalue weighted by molar-refractivity contribution is 6.39. The van der Waals surface area contributed by atoms with Crippen LogP contribution in [0.4, 0.5) is 0 Å². The summed E-state index contributed by atoms with van der Waals surface area (Å²) in [6.45, 7) is 1.52. The fourth-order valence-electron chi connectivity index (χ4n) is 1.35. The number of carbonyl (C=O) groups excluding carboxylic acids is 3. The lowest BCUT2D eigenvalue weighted by molar-refractivity contribution is -0.144. The second kappa shape index (κ2) is 5.42. The summed E-state index contributed by atoms with van der Waals surface area (Å²) in [6.07, 6.45) is 0.526. The van der Waals surface area contributed by atoms with Crippen molar-refractivity contribution in [2.24, 2.45) is 5.10 Å². The molecule has 0 radical (unpaired) electrons. The number of hydrazone groups is 1. The van der Waals surface area contributed by atoms with Gasteiger partial charge in [-0.25, -0.2) is 9.80 Å². The topological polar surface area (TPSA) is 88.1 Å². The molecule has 7 heteroatoms. The molecular formula is C10H15N3O4. The van der Waals surface area contributed by atoms with Gasteiger partial charge in [0.2, 0.25) is 5.91 Å². The molecule has 1 unspecified atom stereocenters. The zero-order chi connectivity index (χ0) is 13.0. The van der Waals surface area contributed by atoms with Gasteiger partial charge in [0, 0.05) is 19.9 Å². The standard InChI is InChI=1S/C10H15N3O4/c1-6(10(16)17-3)11-9(15)7-4-5-8(14)13(2)12-7/h6H,4-5H2,1-3H3,(H,11,15). The van der Waals surface area contributed by atoms with E-state index in [4.69, 9.17) is 0 Å².